The van der Waals surface area contributed by atoms with E-state index < -0.39 is 5.97 Å². The molecule has 1 aromatic carbocycles. The molecule has 1 saturated carbocycles. The number of rotatable bonds is 6. The highest BCUT2D eigenvalue weighted by atomic mass is 16.5. The molecule has 27 heavy (non-hydrogen) atoms. The number of nitrogens with zero attached hydrogens (tertiary/aromatic N) is 5. The van der Waals surface area contributed by atoms with Crippen LogP contribution in [0.15, 0.2) is 36.7 Å². The second-order valence-electron chi connectivity index (χ2n) is 6.69. The molecule has 3 aromatic rings. The van der Waals surface area contributed by atoms with Gasteiger partial charge in [-0.3, -0.25) is 4.79 Å². The van der Waals surface area contributed by atoms with Crippen LogP contribution in [0.4, 0.5) is 0 Å². The fourth-order valence-corrected chi connectivity index (χ4v) is 3.28. The third kappa shape index (κ3) is 3.38. The summed E-state index contributed by atoms with van der Waals surface area (Å²) >= 11 is 0. The number of carbonyl (C=O) groups excluding carboxylic acids is 2. The number of aromatic nitrogens is 5. The highest BCUT2D eigenvalue weighted by molar-refractivity contribution is 6.00. The van der Waals surface area contributed by atoms with E-state index in [-0.39, 0.29) is 12.4 Å². The number of esters is 1. The molecular weight excluding hydrogens is 346 g/mol. The number of ether oxygens (including phenoxy) is 1. The summed E-state index contributed by atoms with van der Waals surface area (Å²) in [7, 11) is 0. The molecule has 1 fully saturated rings. The van der Waals surface area contributed by atoms with Gasteiger partial charge in [0.15, 0.2) is 6.61 Å². The van der Waals surface area contributed by atoms with Gasteiger partial charge in [-0.25, -0.2) is 9.48 Å². The number of aryl methyl sites for hydroxylation is 1. The number of hydrogen-bond acceptors (Lipinski definition) is 6. The van der Waals surface area contributed by atoms with E-state index in [1.165, 1.54) is 11.0 Å². The van der Waals surface area contributed by atoms with Gasteiger partial charge in [-0.15, -0.1) is 5.10 Å². The van der Waals surface area contributed by atoms with Crippen LogP contribution in [0, 0.1) is 13.8 Å². The molecule has 1 aliphatic carbocycles. The molecule has 0 spiro atoms. The highest BCUT2D eigenvalue weighted by Crippen LogP contribution is 2.38. The Hall–Kier alpha value is -3.29. The molecule has 1 aliphatic rings. The van der Waals surface area contributed by atoms with E-state index in [0.29, 0.717) is 17.2 Å². The Bertz CT molecular complexity index is 985. The normalized spacial score (nSPS) is 13.6. The van der Waals surface area contributed by atoms with Crippen molar-refractivity contribution in [3.63, 3.8) is 0 Å². The molecule has 2 heterocycles. The lowest BCUT2D eigenvalue weighted by Gasteiger charge is -2.08. The van der Waals surface area contributed by atoms with Gasteiger partial charge in [-0.05, 0) is 67.4 Å². The number of hydrogen-bond donors (Lipinski definition) is 0. The molecule has 0 unspecified atom stereocenters. The summed E-state index contributed by atoms with van der Waals surface area (Å²) in [6.45, 7) is 3.67. The van der Waals surface area contributed by atoms with Crippen molar-refractivity contribution in [2.24, 2.45) is 0 Å². The monoisotopic (exact) mass is 365 g/mol. The summed E-state index contributed by atoms with van der Waals surface area (Å²) in [5.74, 6) is -0.726. The van der Waals surface area contributed by atoms with E-state index in [4.69, 9.17) is 4.74 Å². The molecule has 0 amide bonds. The van der Waals surface area contributed by atoms with E-state index in [2.05, 4.69) is 20.1 Å². The summed E-state index contributed by atoms with van der Waals surface area (Å²) in [6.07, 6.45) is 3.77. The Morgan fingerprint density at radius 2 is 1.93 bits per heavy atom. The summed E-state index contributed by atoms with van der Waals surface area (Å²) in [4.78, 5) is 24.7. The first-order valence-electron chi connectivity index (χ1n) is 8.77. The summed E-state index contributed by atoms with van der Waals surface area (Å²) in [5, 5.41) is 10.9. The van der Waals surface area contributed by atoms with Crippen LogP contribution in [-0.2, 0) is 4.74 Å². The van der Waals surface area contributed by atoms with Crippen molar-refractivity contribution >= 4 is 11.8 Å². The molecular formula is C19H19N5O3. The van der Waals surface area contributed by atoms with Crippen LogP contribution in [0.3, 0.4) is 0 Å². The SMILES string of the molecule is Cc1cc(C(=O)COC(=O)c2ccc(-n3cnnn3)cc2)c(C)n1C1CC1. The van der Waals surface area contributed by atoms with E-state index in [1.54, 1.807) is 24.3 Å². The smallest absolute Gasteiger partial charge is 0.338 e. The topological polar surface area (TPSA) is 91.9 Å². The van der Waals surface area contributed by atoms with Gasteiger partial charge in [0, 0.05) is 23.0 Å². The predicted octanol–water partition coefficient (Wildman–Crippen LogP) is 2.46. The first kappa shape index (κ1) is 17.1. The summed E-state index contributed by atoms with van der Waals surface area (Å²) in [5.41, 5.74) is 3.73. The second-order valence-corrected chi connectivity index (χ2v) is 6.69. The fourth-order valence-electron chi connectivity index (χ4n) is 3.28. The first-order valence-corrected chi connectivity index (χ1v) is 8.77. The Morgan fingerprint density at radius 3 is 2.56 bits per heavy atom. The average Bonchev–Trinajstić information content (AvgIpc) is 3.25. The quantitative estimate of drug-likeness (QED) is 0.492. The molecule has 8 heteroatoms. The maximum atomic E-state index is 12.5. The zero-order valence-electron chi connectivity index (χ0n) is 15.1. The molecule has 8 nitrogen and oxygen atoms in total. The fraction of sp³-hybridized carbons (Fsp3) is 0.316. The third-order valence-corrected chi connectivity index (χ3v) is 4.75. The number of ketones is 1. The van der Waals surface area contributed by atoms with Crippen molar-refractivity contribution in [2.75, 3.05) is 6.61 Å². The van der Waals surface area contributed by atoms with Crippen LogP contribution < -0.4 is 0 Å². The van der Waals surface area contributed by atoms with Crippen LogP contribution >= 0.6 is 0 Å². The molecule has 0 radical (unpaired) electrons. The lowest BCUT2D eigenvalue weighted by Crippen LogP contribution is -2.15. The Kier molecular flexibility index (Phi) is 4.31. The van der Waals surface area contributed by atoms with Gasteiger partial charge in [-0.2, -0.15) is 0 Å². The van der Waals surface area contributed by atoms with Crippen molar-refractivity contribution in [3.05, 3.63) is 59.2 Å². The van der Waals surface area contributed by atoms with Gasteiger partial charge >= 0.3 is 5.97 Å². The minimum Gasteiger partial charge on any atom is -0.454 e. The molecule has 138 valence electrons. The zero-order chi connectivity index (χ0) is 19.0. The maximum absolute atomic E-state index is 12.5. The van der Waals surface area contributed by atoms with Crippen LogP contribution in [0.1, 0.15) is 51.0 Å². The largest absolute Gasteiger partial charge is 0.454 e. The number of Topliss-reactive ketones (excluding diaryl/α,β-unsaturated/α-hetero) is 1. The van der Waals surface area contributed by atoms with Gasteiger partial charge in [0.25, 0.3) is 0 Å². The van der Waals surface area contributed by atoms with Gasteiger partial charge in [-0.1, -0.05) is 0 Å². The van der Waals surface area contributed by atoms with E-state index >= 15 is 0 Å². The zero-order valence-corrected chi connectivity index (χ0v) is 15.1. The van der Waals surface area contributed by atoms with Gasteiger partial charge < -0.3 is 9.30 Å². The standard InChI is InChI=1S/C19H19N5O3/c1-12-9-17(13(2)24(12)16-7-8-16)18(25)10-27-19(26)14-3-5-15(6-4-14)23-11-20-21-22-23/h3-6,9,11,16H,7-8,10H2,1-2H3. The Morgan fingerprint density at radius 1 is 1.19 bits per heavy atom. The van der Waals surface area contributed by atoms with Gasteiger partial charge in [0.1, 0.15) is 6.33 Å². The molecule has 0 atom stereocenters. The molecule has 0 saturated heterocycles. The van der Waals surface area contributed by atoms with Crippen molar-refractivity contribution in [2.45, 2.75) is 32.7 Å². The van der Waals surface area contributed by atoms with E-state index in [9.17, 15) is 9.59 Å². The van der Waals surface area contributed by atoms with Gasteiger partial charge in [0.2, 0.25) is 5.78 Å². The number of tetrazole rings is 1. The van der Waals surface area contributed by atoms with Crippen molar-refractivity contribution in [1.29, 1.82) is 0 Å². The molecule has 2 aromatic heterocycles. The molecule has 0 N–H and O–H groups in total. The number of carbonyl (C=O) groups is 2. The van der Waals surface area contributed by atoms with Gasteiger partial charge in [0.05, 0.1) is 11.3 Å². The second kappa shape index (κ2) is 6.79. The van der Waals surface area contributed by atoms with Crippen LogP contribution in [0.2, 0.25) is 0 Å². The van der Waals surface area contributed by atoms with E-state index in [1.807, 2.05) is 19.9 Å². The first-order chi connectivity index (χ1) is 13.0. The maximum Gasteiger partial charge on any atom is 0.338 e. The summed E-state index contributed by atoms with van der Waals surface area (Å²) in [6, 6.07) is 9.03. The third-order valence-electron chi connectivity index (χ3n) is 4.75. The van der Waals surface area contributed by atoms with Crippen LogP contribution in [0.5, 0.6) is 0 Å². The Labute approximate surface area is 155 Å². The summed E-state index contributed by atoms with van der Waals surface area (Å²) < 4.78 is 8.89. The average molecular weight is 365 g/mol. The minimum absolute atomic E-state index is 0.186. The number of benzene rings is 1. The molecule has 0 aliphatic heterocycles. The van der Waals surface area contributed by atoms with Crippen LogP contribution in [-0.4, -0.2) is 43.1 Å². The minimum atomic E-state index is -0.539. The predicted molar refractivity (Wildman–Crippen MR) is 95.9 cm³/mol. The highest BCUT2D eigenvalue weighted by Gasteiger charge is 2.28. The van der Waals surface area contributed by atoms with Crippen molar-refractivity contribution < 1.29 is 14.3 Å². The van der Waals surface area contributed by atoms with Crippen molar-refractivity contribution in [1.82, 2.24) is 24.8 Å². The lowest BCUT2D eigenvalue weighted by molar-refractivity contribution is 0.0474. The Balaban J connectivity index is 1.40. The van der Waals surface area contributed by atoms with Crippen LogP contribution in [0.25, 0.3) is 5.69 Å². The molecule has 4 rings (SSSR count). The van der Waals surface area contributed by atoms with Crippen molar-refractivity contribution in [3.8, 4) is 5.69 Å². The van der Waals surface area contributed by atoms with E-state index in [0.717, 1.165) is 29.9 Å². The lowest BCUT2D eigenvalue weighted by atomic mass is 10.1. The molecule has 0 bridgehead atoms.